The summed E-state index contributed by atoms with van der Waals surface area (Å²) in [5.41, 5.74) is 0. The smallest absolute Gasteiger partial charge is 0.0314 e. The second kappa shape index (κ2) is 6.91. The van der Waals surface area contributed by atoms with Gasteiger partial charge in [-0.1, -0.05) is 25.7 Å². The van der Waals surface area contributed by atoms with Crippen LogP contribution in [0.25, 0.3) is 0 Å². The Morgan fingerprint density at radius 2 is 2.06 bits per heavy atom. The van der Waals surface area contributed by atoms with E-state index in [2.05, 4.69) is 39.7 Å². The Morgan fingerprint density at radius 1 is 1.35 bits per heavy atom. The first kappa shape index (κ1) is 13.6. The van der Waals surface area contributed by atoms with E-state index < -0.39 is 0 Å². The summed E-state index contributed by atoms with van der Waals surface area (Å²) >= 11 is 5.52. The normalized spacial score (nSPS) is 20.1. The lowest BCUT2D eigenvalue weighted by atomic mass is 9.89. The van der Waals surface area contributed by atoms with Crippen molar-refractivity contribution in [2.75, 3.05) is 7.05 Å². The number of nitrogens with one attached hydrogen (secondary N) is 1. The molecule has 1 atom stereocenters. The molecule has 1 aromatic rings. The molecule has 1 saturated carbocycles. The van der Waals surface area contributed by atoms with Gasteiger partial charge in [-0.25, -0.2) is 0 Å². The van der Waals surface area contributed by atoms with Crippen LogP contribution in [-0.2, 0) is 6.42 Å². The number of hydrogen-bond acceptors (Lipinski definition) is 2. The number of hydrogen-bond donors (Lipinski definition) is 1. The zero-order valence-corrected chi connectivity index (χ0v) is 12.9. The van der Waals surface area contributed by atoms with Gasteiger partial charge < -0.3 is 5.32 Å². The highest BCUT2D eigenvalue weighted by molar-refractivity contribution is 9.10. The molecule has 1 aromatic heterocycles. The Hall–Kier alpha value is 0.140. The zero-order valence-electron chi connectivity index (χ0n) is 10.5. The second-order valence-electron chi connectivity index (χ2n) is 5.04. The van der Waals surface area contributed by atoms with Crippen LogP contribution < -0.4 is 5.32 Å². The van der Waals surface area contributed by atoms with E-state index >= 15 is 0 Å². The van der Waals surface area contributed by atoms with Gasteiger partial charge in [-0.2, -0.15) is 0 Å². The van der Waals surface area contributed by atoms with Gasteiger partial charge in [-0.3, -0.25) is 0 Å². The van der Waals surface area contributed by atoms with E-state index in [4.69, 9.17) is 0 Å². The Balaban J connectivity index is 1.97. The van der Waals surface area contributed by atoms with Crippen LogP contribution in [-0.4, -0.2) is 13.1 Å². The average Bonchev–Trinajstić information content (AvgIpc) is 2.58. The third-order valence-corrected chi connectivity index (χ3v) is 5.88. The minimum absolute atomic E-state index is 0.656. The zero-order chi connectivity index (χ0) is 12.1. The van der Waals surface area contributed by atoms with Crippen LogP contribution >= 0.6 is 27.3 Å². The maximum Gasteiger partial charge on any atom is 0.0314 e. The van der Waals surface area contributed by atoms with Crippen molar-refractivity contribution in [2.24, 2.45) is 5.92 Å². The van der Waals surface area contributed by atoms with E-state index in [1.807, 2.05) is 11.3 Å². The molecule has 1 N–H and O–H groups in total. The summed E-state index contributed by atoms with van der Waals surface area (Å²) in [5.74, 6) is 0.872. The van der Waals surface area contributed by atoms with Gasteiger partial charge in [0.15, 0.2) is 0 Å². The van der Waals surface area contributed by atoms with E-state index in [0.29, 0.717) is 6.04 Å². The Morgan fingerprint density at radius 3 is 2.59 bits per heavy atom. The summed E-state index contributed by atoms with van der Waals surface area (Å²) in [6, 6.07) is 2.82. The van der Waals surface area contributed by atoms with E-state index in [9.17, 15) is 0 Å². The van der Waals surface area contributed by atoms with E-state index in [1.165, 1.54) is 54.3 Å². The van der Waals surface area contributed by atoms with Crippen molar-refractivity contribution in [1.82, 2.24) is 5.32 Å². The molecule has 2 rings (SSSR count). The highest BCUT2D eigenvalue weighted by atomic mass is 79.9. The predicted molar refractivity (Wildman–Crippen MR) is 79.8 cm³/mol. The molecule has 1 aliphatic carbocycles. The first-order chi connectivity index (χ1) is 8.31. The number of rotatable bonds is 4. The van der Waals surface area contributed by atoms with Crippen molar-refractivity contribution in [1.29, 1.82) is 0 Å². The molecule has 0 spiro atoms. The van der Waals surface area contributed by atoms with Gasteiger partial charge in [-0.15, -0.1) is 11.3 Å². The molecule has 1 nitrogen and oxygen atoms in total. The largest absolute Gasteiger partial charge is 0.316 e. The van der Waals surface area contributed by atoms with Crippen molar-refractivity contribution in [3.05, 3.63) is 20.8 Å². The van der Waals surface area contributed by atoms with Gasteiger partial charge in [0, 0.05) is 15.4 Å². The van der Waals surface area contributed by atoms with Crippen molar-refractivity contribution >= 4 is 27.3 Å². The van der Waals surface area contributed by atoms with Crippen LogP contribution in [0, 0.1) is 5.92 Å². The molecule has 0 saturated heterocycles. The summed E-state index contributed by atoms with van der Waals surface area (Å²) in [4.78, 5) is 1.49. The second-order valence-corrected chi connectivity index (χ2v) is 6.90. The molecule has 0 aromatic carbocycles. The number of thiophene rings is 1. The molecule has 0 amide bonds. The molecule has 1 fully saturated rings. The quantitative estimate of drug-likeness (QED) is 0.800. The van der Waals surface area contributed by atoms with Gasteiger partial charge >= 0.3 is 0 Å². The summed E-state index contributed by atoms with van der Waals surface area (Å²) in [7, 11) is 2.12. The monoisotopic (exact) mass is 315 g/mol. The van der Waals surface area contributed by atoms with E-state index in [-0.39, 0.29) is 0 Å². The molecule has 0 bridgehead atoms. The lowest BCUT2D eigenvalue weighted by Gasteiger charge is -2.25. The third kappa shape index (κ3) is 3.80. The Bertz CT molecular complexity index is 329. The van der Waals surface area contributed by atoms with Gasteiger partial charge in [0.05, 0.1) is 0 Å². The van der Waals surface area contributed by atoms with Crippen molar-refractivity contribution in [3.8, 4) is 0 Å². The summed E-state index contributed by atoms with van der Waals surface area (Å²) < 4.78 is 1.29. The van der Waals surface area contributed by atoms with Crippen LogP contribution in [0.4, 0.5) is 0 Å². The number of likely N-dealkylation sites (N-methyl/N-ethyl adjacent to an activating group) is 1. The molecule has 1 aliphatic rings. The average molecular weight is 316 g/mol. The van der Waals surface area contributed by atoms with Gasteiger partial charge in [0.1, 0.15) is 0 Å². The lowest BCUT2D eigenvalue weighted by Crippen LogP contribution is -2.35. The standard InChI is InChI=1S/C14H22BrNS/c1-16-13(10-14-12(15)8-9-17-14)11-6-4-2-3-5-7-11/h8-9,11,13,16H,2-7,10H2,1H3. The summed E-state index contributed by atoms with van der Waals surface area (Å²) in [5, 5.41) is 5.73. The molecule has 1 unspecified atom stereocenters. The molecule has 0 aliphatic heterocycles. The van der Waals surface area contributed by atoms with Crippen LogP contribution in [0.5, 0.6) is 0 Å². The van der Waals surface area contributed by atoms with Crippen LogP contribution in [0.3, 0.4) is 0 Å². The molecule has 17 heavy (non-hydrogen) atoms. The Kier molecular flexibility index (Phi) is 5.51. The highest BCUT2D eigenvalue weighted by Gasteiger charge is 2.22. The van der Waals surface area contributed by atoms with Gasteiger partial charge in [-0.05, 0) is 59.6 Å². The van der Waals surface area contributed by atoms with E-state index in [0.717, 1.165) is 5.92 Å². The maximum absolute atomic E-state index is 3.65. The van der Waals surface area contributed by atoms with Crippen molar-refractivity contribution in [2.45, 2.75) is 51.0 Å². The SMILES string of the molecule is CNC(Cc1sccc1Br)C1CCCCCC1. The van der Waals surface area contributed by atoms with Crippen molar-refractivity contribution < 1.29 is 0 Å². The molecule has 96 valence electrons. The van der Waals surface area contributed by atoms with Crippen LogP contribution in [0.2, 0.25) is 0 Å². The summed E-state index contributed by atoms with van der Waals surface area (Å²) in [6.45, 7) is 0. The third-order valence-electron chi connectivity index (χ3n) is 3.94. The fraction of sp³-hybridized carbons (Fsp3) is 0.714. The molecule has 1 heterocycles. The highest BCUT2D eigenvalue weighted by Crippen LogP contribution is 2.30. The molecular weight excluding hydrogens is 294 g/mol. The predicted octanol–water partition coefficient (Wildman–Crippen LogP) is 4.61. The van der Waals surface area contributed by atoms with Gasteiger partial charge in [0.25, 0.3) is 0 Å². The minimum Gasteiger partial charge on any atom is -0.316 e. The maximum atomic E-state index is 3.65. The number of halogens is 1. The minimum atomic E-state index is 0.656. The first-order valence-corrected chi connectivity index (χ1v) is 8.37. The Labute approximate surface area is 117 Å². The lowest BCUT2D eigenvalue weighted by molar-refractivity contribution is 0.333. The van der Waals surface area contributed by atoms with Gasteiger partial charge in [0.2, 0.25) is 0 Å². The van der Waals surface area contributed by atoms with Crippen LogP contribution in [0.15, 0.2) is 15.9 Å². The fourth-order valence-electron chi connectivity index (χ4n) is 2.89. The summed E-state index contributed by atoms with van der Waals surface area (Å²) in [6.07, 6.45) is 9.73. The molecule has 0 radical (unpaired) electrons. The van der Waals surface area contributed by atoms with Crippen LogP contribution in [0.1, 0.15) is 43.4 Å². The topological polar surface area (TPSA) is 12.0 Å². The fourth-order valence-corrected chi connectivity index (χ4v) is 4.46. The van der Waals surface area contributed by atoms with Crippen molar-refractivity contribution in [3.63, 3.8) is 0 Å². The molecular formula is C14H22BrNS. The molecule has 3 heteroatoms. The van der Waals surface area contributed by atoms with E-state index in [1.54, 1.807) is 0 Å². The first-order valence-electron chi connectivity index (χ1n) is 6.70.